The molecule has 2 heterocycles. The molecule has 6 heteroatoms. The van der Waals surface area contributed by atoms with Crippen LogP contribution >= 0.6 is 0 Å². The molecule has 0 radical (unpaired) electrons. The predicted molar refractivity (Wildman–Crippen MR) is 103 cm³/mol. The number of hydrogen-bond donors (Lipinski definition) is 0. The fraction of sp³-hybridized carbons (Fsp3) is 0.227. The average molecular weight is 374 g/mol. The van der Waals surface area contributed by atoms with Gasteiger partial charge in [-0.15, -0.1) is 0 Å². The van der Waals surface area contributed by atoms with E-state index in [1.807, 2.05) is 48.1 Å². The Bertz CT molecular complexity index is 1080. The van der Waals surface area contributed by atoms with Crippen molar-refractivity contribution in [1.82, 2.24) is 14.7 Å². The van der Waals surface area contributed by atoms with Crippen molar-refractivity contribution >= 4 is 5.91 Å². The van der Waals surface area contributed by atoms with Crippen molar-refractivity contribution in [3.8, 4) is 17.3 Å². The topological polar surface area (TPSA) is 61.9 Å². The number of halogens is 1. The van der Waals surface area contributed by atoms with Gasteiger partial charge in [-0.1, -0.05) is 30.3 Å². The average Bonchev–Trinajstić information content (AvgIpc) is 2.89. The van der Waals surface area contributed by atoms with Crippen LogP contribution in [0.15, 0.2) is 48.5 Å². The maximum absolute atomic E-state index is 13.7. The van der Waals surface area contributed by atoms with E-state index in [4.69, 9.17) is 10.4 Å². The first-order valence-corrected chi connectivity index (χ1v) is 9.17. The zero-order valence-corrected chi connectivity index (χ0v) is 15.5. The normalized spacial score (nSPS) is 13.5. The molecular weight excluding hydrogens is 355 g/mol. The largest absolute Gasteiger partial charge is 0.338 e. The van der Waals surface area contributed by atoms with Crippen molar-refractivity contribution in [2.24, 2.45) is 7.05 Å². The number of rotatable bonds is 2. The summed E-state index contributed by atoms with van der Waals surface area (Å²) in [6, 6.07) is 15.7. The number of aromatic nitrogens is 2. The van der Waals surface area contributed by atoms with E-state index in [1.165, 1.54) is 12.1 Å². The lowest BCUT2D eigenvalue weighted by Crippen LogP contribution is -2.33. The molecule has 0 saturated heterocycles. The molecule has 4 rings (SSSR count). The van der Waals surface area contributed by atoms with E-state index < -0.39 is 5.82 Å². The van der Waals surface area contributed by atoms with Crippen LogP contribution in [-0.4, -0.2) is 33.7 Å². The fourth-order valence-corrected chi connectivity index (χ4v) is 3.77. The monoisotopic (exact) mass is 374 g/mol. The van der Waals surface area contributed by atoms with Crippen molar-refractivity contribution < 1.29 is 9.18 Å². The maximum atomic E-state index is 13.7. The molecule has 1 aliphatic rings. The number of hydrogen-bond acceptors (Lipinski definition) is 3. The molecule has 0 atom stereocenters. The van der Waals surface area contributed by atoms with E-state index in [-0.39, 0.29) is 17.0 Å². The molecule has 5 nitrogen and oxygen atoms in total. The third-order valence-corrected chi connectivity index (χ3v) is 5.13. The van der Waals surface area contributed by atoms with Crippen LogP contribution in [0.25, 0.3) is 11.3 Å². The minimum absolute atomic E-state index is 0.150. The minimum Gasteiger partial charge on any atom is -0.338 e. The molecule has 1 aromatic heterocycles. The van der Waals surface area contributed by atoms with E-state index in [2.05, 4.69) is 0 Å². The van der Waals surface area contributed by atoms with Crippen LogP contribution in [0.3, 0.4) is 0 Å². The molecule has 0 spiro atoms. The minimum atomic E-state index is -0.573. The molecule has 0 aliphatic carbocycles. The second-order valence-corrected chi connectivity index (χ2v) is 6.90. The molecule has 0 N–H and O–H groups in total. The first-order valence-electron chi connectivity index (χ1n) is 9.17. The highest BCUT2D eigenvalue weighted by Gasteiger charge is 2.25. The lowest BCUT2D eigenvalue weighted by atomic mass is 10.0. The van der Waals surface area contributed by atoms with Gasteiger partial charge in [0.1, 0.15) is 5.82 Å². The molecule has 2 aromatic carbocycles. The van der Waals surface area contributed by atoms with Gasteiger partial charge in [-0.2, -0.15) is 10.4 Å². The number of amides is 1. The van der Waals surface area contributed by atoms with Gasteiger partial charge in [-0.05, 0) is 24.6 Å². The number of nitrogens with zero attached hydrogens (tertiary/aromatic N) is 4. The molecule has 28 heavy (non-hydrogen) atoms. The molecule has 1 amide bonds. The van der Waals surface area contributed by atoms with Gasteiger partial charge in [0, 0.05) is 48.9 Å². The first-order chi connectivity index (χ1) is 13.6. The van der Waals surface area contributed by atoms with Gasteiger partial charge < -0.3 is 4.90 Å². The number of fused-ring (bicyclic) bond motifs is 1. The van der Waals surface area contributed by atoms with E-state index >= 15 is 0 Å². The lowest BCUT2D eigenvalue weighted by molar-refractivity contribution is 0.0762. The molecule has 3 aromatic rings. The zero-order valence-electron chi connectivity index (χ0n) is 15.5. The van der Waals surface area contributed by atoms with Crippen molar-refractivity contribution in [1.29, 1.82) is 5.26 Å². The molecule has 1 aliphatic heterocycles. The van der Waals surface area contributed by atoms with Crippen LogP contribution in [-0.2, 0) is 19.9 Å². The first kappa shape index (κ1) is 17.9. The zero-order chi connectivity index (χ0) is 19.7. The van der Waals surface area contributed by atoms with Crippen molar-refractivity contribution in [3.05, 3.63) is 76.7 Å². The Balaban J connectivity index is 1.61. The van der Waals surface area contributed by atoms with Crippen LogP contribution in [0.5, 0.6) is 0 Å². The number of nitriles is 1. The second kappa shape index (κ2) is 7.28. The molecular formula is C22H19FN4O. The van der Waals surface area contributed by atoms with Crippen LogP contribution < -0.4 is 0 Å². The molecule has 0 bridgehead atoms. The smallest absolute Gasteiger partial charge is 0.254 e. The Labute approximate surface area is 162 Å². The highest BCUT2D eigenvalue weighted by atomic mass is 19.1. The van der Waals surface area contributed by atoms with Crippen LogP contribution in [0, 0.1) is 17.1 Å². The summed E-state index contributed by atoms with van der Waals surface area (Å²) in [7, 11) is 1.93. The Morgan fingerprint density at radius 2 is 1.89 bits per heavy atom. The summed E-state index contributed by atoms with van der Waals surface area (Å²) in [5, 5.41) is 13.7. The van der Waals surface area contributed by atoms with E-state index in [0.717, 1.165) is 28.6 Å². The van der Waals surface area contributed by atoms with Gasteiger partial charge in [0.05, 0.1) is 17.3 Å². The Morgan fingerprint density at radius 1 is 1.14 bits per heavy atom. The summed E-state index contributed by atoms with van der Waals surface area (Å²) >= 11 is 0. The summed E-state index contributed by atoms with van der Waals surface area (Å²) < 4.78 is 15.6. The highest BCUT2D eigenvalue weighted by molar-refractivity contribution is 5.94. The quantitative estimate of drug-likeness (QED) is 0.691. The highest BCUT2D eigenvalue weighted by Crippen LogP contribution is 2.28. The van der Waals surface area contributed by atoms with E-state index in [0.29, 0.717) is 25.9 Å². The molecule has 140 valence electrons. The van der Waals surface area contributed by atoms with Crippen LogP contribution in [0.1, 0.15) is 27.2 Å². The number of benzene rings is 2. The standard InChI is InChI=1S/C22H19FN4O/c1-26-20-8-10-27(22(28)17-11-15(14-24)12-18(23)13-17)9-7-19(20)21(25-26)16-5-3-2-4-6-16/h2-6,11-13H,7-10H2,1H3. The molecule has 0 fully saturated rings. The summed E-state index contributed by atoms with van der Waals surface area (Å²) in [6.07, 6.45) is 1.36. The summed E-state index contributed by atoms with van der Waals surface area (Å²) in [4.78, 5) is 14.6. The van der Waals surface area contributed by atoms with Gasteiger partial charge in [-0.3, -0.25) is 9.48 Å². The number of aryl methyl sites for hydroxylation is 1. The van der Waals surface area contributed by atoms with Gasteiger partial charge >= 0.3 is 0 Å². The number of carbonyl (C=O) groups is 1. The maximum Gasteiger partial charge on any atom is 0.254 e. The van der Waals surface area contributed by atoms with Crippen LogP contribution in [0.4, 0.5) is 4.39 Å². The predicted octanol–water partition coefficient (Wildman–Crippen LogP) is 3.34. The van der Waals surface area contributed by atoms with E-state index in [9.17, 15) is 9.18 Å². The number of carbonyl (C=O) groups excluding carboxylic acids is 1. The van der Waals surface area contributed by atoms with Crippen molar-refractivity contribution in [2.45, 2.75) is 12.8 Å². The second-order valence-electron chi connectivity index (χ2n) is 6.90. The summed E-state index contributed by atoms with van der Waals surface area (Å²) in [5.41, 5.74) is 4.64. The summed E-state index contributed by atoms with van der Waals surface area (Å²) in [6.45, 7) is 1.05. The Kier molecular flexibility index (Phi) is 4.66. The molecule has 0 unspecified atom stereocenters. The Morgan fingerprint density at radius 3 is 2.64 bits per heavy atom. The third kappa shape index (κ3) is 3.27. The van der Waals surface area contributed by atoms with Gasteiger partial charge in [0.2, 0.25) is 0 Å². The lowest BCUT2D eigenvalue weighted by Gasteiger charge is -2.20. The van der Waals surface area contributed by atoms with Gasteiger partial charge in [0.25, 0.3) is 5.91 Å². The van der Waals surface area contributed by atoms with E-state index in [1.54, 1.807) is 4.90 Å². The SMILES string of the molecule is Cn1nc(-c2ccccc2)c2c1CCN(C(=O)c1cc(F)cc(C#N)c1)CC2. The van der Waals surface area contributed by atoms with Crippen LogP contribution in [0.2, 0.25) is 0 Å². The van der Waals surface area contributed by atoms with Gasteiger partial charge in [-0.25, -0.2) is 4.39 Å². The van der Waals surface area contributed by atoms with Gasteiger partial charge in [0.15, 0.2) is 0 Å². The Hall–Kier alpha value is -3.46. The van der Waals surface area contributed by atoms with Crippen molar-refractivity contribution in [3.63, 3.8) is 0 Å². The fourth-order valence-electron chi connectivity index (χ4n) is 3.77. The third-order valence-electron chi connectivity index (χ3n) is 5.13. The molecule has 0 saturated carbocycles. The summed E-state index contributed by atoms with van der Waals surface area (Å²) in [5.74, 6) is -0.825. The van der Waals surface area contributed by atoms with Crippen molar-refractivity contribution in [2.75, 3.05) is 13.1 Å².